The van der Waals surface area contributed by atoms with Crippen molar-refractivity contribution < 1.29 is 9.47 Å². The van der Waals surface area contributed by atoms with Crippen molar-refractivity contribution >= 4 is 0 Å². The summed E-state index contributed by atoms with van der Waals surface area (Å²) >= 11 is 0. The van der Waals surface area contributed by atoms with Gasteiger partial charge in [-0.1, -0.05) is 45.8 Å². The smallest absolute Gasteiger partial charge is 0.160 e. The molecule has 1 heterocycles. The Kier molecular flexibility index (Phi) is 4.73. The fraction of sp³-hybridized carbons (Fsp3) is 0.882. The fourth-order valence-electron chi connectivity index (χ4n) is 3.36. The Bertz CT molecular complexity index is 326. The van der Waals surface area contributed by atoms with E-state index in [1.54, 1.807) is 0 Å². The van der Waals surface area contributed by atoms with Crippen molar-refractivity contribution in [2.45, 2.75) is 60.2 Å². The van der Waals surface area contributed by atoms with Crippen LogP contribution in [0.2, 0.25) is 0 Å². The molecule has 0 aromatic rings. The second kappa shape index (κ2) is 5.97. The van der Waals surface area contributed by atoms with Crippen molar-refractivity contribution in [1.82, 2.24) is 0 Å². The molecule has 0 unspecified atom stereocenters. The van der Waals surface area contributed by atoms with Crippen molar-refractivity contribution in [1.29, 1.82) is 0 Å². The van der Waals surface area contributed by atoms with Gasteiger partial charge in [-0.2, -0.15) is 0 Å². The van der Waals surface area contributed by atoms with Crippen LogP contribution in [0.3, 0.4) is 0 Å². The van der Waals surface area contributed by atoms with Gasteiger partial charge >= 0.3 is 0 Å². The van der Waals surface area contributed by atoms with Crippen molar-refractivity contribution in [3.63, 3.8) is 0 Å². The standard InChI is InChI=1S/C17H30O2/c1-6-14(4)17(5)10-18-16(19-11-17)15-8-7-12(2)9-13(15)3/h9,13-16H,6-8,10-11H2,1-5H3/t13-,14-,15-,16?,17?/m0/s1. The van der Waals surface area contributed by atoms with Crippen molar-refractivity contribution in [3.8, 4) is 0 Å². The van der Waals surface area contributed by atoms with E-state index in [9.17, 15) is 0 Å². The molecule has 2 heteroatoms. The van der Waals surface area contributed by atoms with Crippen molar-refractivity contribution in [3.05, 3.63) is 11.6 Å². The lowest BCUT2D eigenvalue weighted by Crippen LogP contribution is -2.47. The summed E-state index contributed by atoms with van der Waals surface area (Å²) in [6.07, 6.45) is 5.99. The van der Waals surface area contributed by atoms with Crippen LogP contribution in [0.5, 0.6) is 0 Å². The average molecular weight is 266 g/mol. The molecule has 2 aliphatic rings. The predicted octanol–water partition coefficient (Wildman–Crippen LogP) is 4.40. The lowest BCUT2D eigenvalue weighted by atomic mass is 9.76. The highest BCUT2D eigenvalue weighted by atomic mass is 16.7. The van der Waals surface area contributed by atoms with Crippen LogP contribution in [0.1, 0.15) is 53.9 Å². The van der Waals surface area contributed by atoms with Gasteiger partial charge in [-0.3, -0.25) is 0 Å². The summed E-state index contributed by atoms with van der Waals surface area (Å²) in [5.74, 6) is 1.76. The first kappa shape index (κ1) is 15.1. The summed E-state index contributed by atoms with van der Waals surface area (Å²) in [5, 5.41) is 0. The summed E-state index contributed by atoms with van der Waals surface area (Å²) in [5.41, 5.74) is 1.71. The third-order valence-corrected chi connectivity index (χ3v) is 5.40. The molecule has 19 heavy (non-hydrogen) atoms. The Morgan fingerprint density at radius 3 is 2.53 bits per heavy atom. The molecule has 0 aromatic heterocycles. The van der Waals surface area contributed by atoms with Crippen LogP contribution >= 0.6 is 0 Å². The maximum atomic E-state index is 6.11. The predicted molar refractivity (Wildman–Crippen MR) is 78.9 cm³/mol. The van der Waals surface area contributed by atoms with Gasteiger partial charge in [0.05, 0.1) is 13.2 Å². The average Bonchev–Trinajstić information content (AvgIpc) is 2.39. The minimum atomic E-state index is 0.0106. The lowest BCUT2D eigenvalue weighted by molar-refractivity contribution is -0.260. The number of hydrogen-bond acceptors (Lipinski definition) is 2. The van der Waals surface area contributed by atoms with Gasteiger partial charge in [-0.05, 0) is 31.6 Å². The van der Waals surface area contributed by atoms with Crippen molar-refractivity contribution in [2.24, 2.45) is 23.2 Å². The Morgan fingerprint density at radius 1 is 1.37 bits per heavy atom. The van der Waals surface area contributed by atoms with Gasteiger partial charge in [-0.25, -0.2) is 0 Å². The normalized spacial score (nSPS) is 41.7. The van der Waals surface area contributed by atoms with Crippen LogP contribution in [0.25, 0.3) is 0 Å². The number of rotatable bonds is 3. The van der Waals surface area contributed by atoms with E-state index < -0.39 is 0 Å². The SMILES string of the molecule is CC[C@H](C)C1(C)COC([C@H]2CCC(C)=C[C@@H]2C)OC1. The highest BCUT2D eigenvalue weighted by molar-refractivity contribution is 5.06. The zero-order valence-corrected chi connectivity index (χ0v) is 13.2. The van der Waals surface area contributed by atoms with Crippen LogP contribution in [-0.4, -0.2) is 19.5 Å². The third kappa shape index (κ3) is 3.22. The first-order valence-electron chi connectivity index (χ1n) is 7.87. The molecule has 0 saturated carbocycles. The van der Waals surface area contributed by atoms with E-state index in [1.165, 1.54) is 24.8 Å². The molecule has 0 amide bonds. The molecule has 0 spiro atoms. The highest BCUT2D eigenvalue weighted by Crippen LogP contribution is 2.39. The fourth-order valence-corrected chi connectivity index (χ4v) is 3.36. The first-order chi connectivity index (χ1) is 8.96. The molecular formula is C17H30O2. The van der Waals surface area contributed by atoms with E-state index in [0.717, 1.165) is 13.2 Å². The number of ether oxygens (including phenoxy) is 2. The molecule has 0 bridgehead atoms. The largest absolute Gasteiger partial charge is 0.352 e. The summed E-state index contributed by atoms with van der Waals surface area (Å²) in [6.45, 7) is 13.1. The van der Waals surface area contributed by atoms with Crippen LogP contribution < -0.4 is 0 Å². The molecule has 3 atom stereocenters. The molecule has 2 rings (SSSR count). The monoisotopic (exact) mass is 266 g/mol. The van der Waals surface area contributed by atoms with Crippen LogP contribution in [-0.2, 0) is 9.47 Å². The summed E-state index contributed by atoms with van der Waals surface area (Å²) in [4.78, 5) is 0. The van der Waals surface area contributed by atoms with Gasteiger partial charge in [0, 0.05) is 11.3 Å². The quantitative estimate of drug-likeness (QED) is 0.705. The molecule has 1 saturated heterocycles. The summed E-state index contributed by atoms with van der Waals surface area (Å²) < 4.78 is 12.2. The lowest BCUT2D eigenvalue weighted by Gasteiger charge is -2.44. The topological polar surface area (TPSA) is 18.5 Å². The number of hydrogen-bond donors (Lipinski definition) is 0. The van der Waals surface area contributed by atoms with Gasteiger partial charge in [0.25, 0.3) is 0 Å². The van der Waals surface area contributed by atoms with E-state index in [2.05, 4.69) is 40.7 Å². The molecule has 1 fully saturated rings. The van der Waals surface area contributed by atoms with E-state index in [0.29, 0.717) is 17.8 Å². The Hall–Kier alpha value is -0.340. The Morgan fingerprint density at radius 2 is 2.00 bits per heavy atom. The van der Waals surface area contributed by atoms with Crippen molar-refractivity contribution in [2.75, 3.05) is 13.2 Å². The van der Waals surface area contributed by atoms with Gasteiger partial charge < -0.3 is 9.47 Å². The zero-order valence-electron chi connectivity index (χ0n) is 13.2. The second-order valence-corrected chi connectivity index (χ2v) is 7.03. The van der Waals surface area contributed by atoms with E-state index in [1.807, 2.05) is 0 Å². The molecule has 0 N–H and O–H groups in total. The third-order valence-electron chi connectivity index (χ3n) is 5.40. The first-order valence-corrected chi connectivity index (χ1v) is 7.87. The van der Waals surface area contributed by atoms with E-state index in [-0.39, 0.29) is 11.7 Å². The van der Waals surface area contributed by atoms with Crippen LogP contribution in [0, 0.1) is 23.2 Å². The molecular weight excluding hydrogens is 236 g/mol. The Labute approximate surface area is 118 Å². The van der Waals surface area contributed by atoms with Crippen LogP contribution in [0.15, 0.2) is 11.6 Å². The minimum Gasteiger partial charge on any atom is -0.352 e. The molecule has 110 valence electrons. The molecule has 1 aliphatic heterocycles. The van der Waals surface area contributed by atoms with Crippen LogP contribution in [0.4, 0.5) is 0 Å². The molecule has 0 radical (unpaired) electrons. The van der Waals surface area contributed by atoms with E-state index >= 15 is 0 Å². The second-order valence-electron chi connectivity index (χ2n) is 7.03. The Balaban J connectivity index is 1.93. The molecule has 0 aromatic carbocycles. The zero-order chi connectivity index (χ0) is 14.0. The van der Waals surface area contributed by atoms with Gasteiger partial charge in [0.15, 0.2) is 6.29 Å². The highest BCUT2D eigenvalue weighted by Gasteiger charge is 2.40. The van der Waals surface area contributed by atoms with E-state index in [4.69, 9.17) is 9.47 Å². The summed E-state index contributed by atoms with van der Waals surface area (Å²) in [7, 11) is 0. The maximum Gasteiger partial charge on any atom is 0.160 e. The van der Waals surface area contributed by atoms with Gasteiger partial charge in [-0.15, -0.1) is 0 Å². The molecule has 1 aliphatic carbocycles. The minimum absolute atomic E-state index is 0.0106. The number of allylic oxidation sites excluding steroid dienone is 2. The van der Waals surface area contributed by atoms with Gasteiger partial charge in [0.2, 0.25) is 0 Å². The summed E-state index contributed by atoms with van der Waals surface area (Å²) in [6, 6.07) is 0. The van der Waals surface area contributed by atoms with Gasteiger partial charge in [0.1, 0.15) is 0 Å². The maximum absolute atomic E-state index is 6.11. The molecule has 2 nitrogen and oxygen atoms in total.